The Morgan fingerprint density at radius 3 is 2.56 bits per heavy atom. The van der Waals surface area contributed by atoms with E-state index < -0.39 is 11.9 Å². The van der Waals surface area contributed by atoms with Gasteiger partial charge in [-0.15, -0.1) is 0 Å². The van der Waals surface area contributed by atoms with Gasteiger partial charge in [-0.3, -0.25) is 9.88 Å². The quantitative estimate of drug-likeness (QED) is 0.791. The van der Waals surface area contributed by atoms with Crippen molar-refractivity contribution in [2.75, 3.05) is 6.54 Å². The molecule has 0 unspecified atom stereocenters. The van der Waals surface area contributed by atoms with Crippen LogP contribution in [-0.2, 0) is 25.7 Å². The highest BCUT2D eigenvalue weighted by Crippen LogP contribution is 2.31. The summed E-state index contributed by atoms with van der Waals surface area (Å²) in [5.41, 5.74) is 2.19. The molecule has 1 saturated carbocycles. The summed E-state index contributed by atoms with van der Waals surface area (Å²) in [5, 5.41) is 0. The lowest BCUT2D eigenvalue weighted by atomic mass is 9.88. The minimum absolute atomic E-state index is 0.500. The number of rotatable bonds is 3. The van der Waals surface area contributed by atoms with Gasteiger partial charge in [0.05, 0.1) is 0 Å². The second-order valence-electron chi connectivity index (χ2n) is 7.55. The predicted molar refractivity (Wildman–Crippen MR) is 94.9 cm³/mol. The molecule has 2 aliphatic rings. The fourth-order valence-electron chi connectivity index (χ4n) is 4.03. The van der Waals surface area contributed by atoms with Crippen LogP contribution in [0.25, 0.3) is 0 Å². The monoisotopic (exact) mass is 376 g/mol. The standard InChI is InChI=1S/C20H23F3N4/c21-20(22,23)18-7-6-14(10-24-18)12-27-9-8-17-16(13-27)11-25-19(26-17)15-4-2-1-3-5-15/h6-7,10-11,15H,1-5,8-9,12-13H2. The molecule has 0 radical (unpaired) electrons. The molecule has 2 aromatic rings. The summed E-state index contributed by atoms with van der Waals surface area (Å²) in [6.45, 7) is 2.14. The van der Waals surface area contributed by atoms with Crippen LogP contribution in [0.15, 0.2) is 24.5 Å². The number of fused-ring (bicyclic) bond motifs is 1. The average Bonchev–Trinajstić information content (AvgIpc) is 2.68. The minimum Gasteiger partial charge on any atom is -0.294 e. The van der Waals surface area contributed by atoms with Crippen LogP contribution in [0.3, 0.4) is 0 Å². The van der Waals surface area contributed by atoms with Gasteiger partial charge in [-0.2, -0.15) is 13.2 Å². The Kier molecular flexibility index (Phi) is 5.12. The van der Waals surface area contributed by atoms with Gasteiger partial charge in [0.1, 0.15) is 11.5 Å². The molecule has 0 saturated heterocycles. The van der Waals surface area contributed by atoms with Crippen molar-refractivity contribution in [3.05, 3.63) is 52.9 Å². The SMILES string of the molecule is FC(F)(F)c1ccc(CN2CCc3nc(C4CCCCC4)ncc3C2)cn1. The van der Waals surface area contributed by atoms with Crippen LogP contribution in [0.5, 0.6) is 0 Å². The number of alkyl halides is 3. The Morgan fingerprint density at radius 2 is 1.85 bits per heavy atom. The highest BCUT2D eigenvalue weighted by molar-refractivity contribution is 5.23. The zero-order valence-corrected chi connectivity index (χ0v) is 15.2. The summed E-state index contributed by atoms with van der Waals surface area (Å²) in [7, 11) is 0. The van der Waals surface area contributed by atoms with Crippen LogP contribution in [0.4, 0.5) is 13.2 Å². The number of hydrogen-bond donors (Lipinski definition) is 0. The van der Waals surface area contributed by atoms with E-state index in [1.807, 2.05) is 6.20 Å². The fourth-order valence-corrected chi connectivity index (χ4v) is 4.03. The number of nitrogens with zero attached hydrogens (tertiary/aromatic N) is 4. The third kappa shape index (κ3) is 4.29. The largest absolute Gasteiger partial charge is 0.433 e. The van der Waals surface area contributed by atoms with Crippen molar-refractivity contribution in [3.8, 4) is 0 Å². The molecule has 144 valence electrons. The molecule has 0 aromatic carbocycles. The maximum absolute atomic E-state index is 12.6. The van der Waals surface area contributed by atoms with Crippen LogP contribution in [0.1, 0.15) is 66.4 Å². The first-order valence-electron chi connectivity index (χ1n) is 9.58. The number of pyridine rings is 1. The fraction of sp³-hybridized carbons (Fsp3) is 0.550. The van der Waals surface area contributed by atoms with Crippen molar-refractivity contribution in [1.29, 1.82) is 0 Å². The maximum Gasteiger partial charge on any atom is 0.433 e. The third-order valence-corrected chi connectivity index (χ3v) is 5.52. The van der Waals surface area contributed by atoms with Crippen molar-refractivity contribution >= 4 is 0 Å². The second-order valence-corrected chi connectivity index (χ2v) is 7.55. The summed E-state index contributed by atoms with van der Waals surface area (Å²) in [5.74, 6) is 1.49. The van der Waals surface area contributed by atoms with Crippen LogP contribution in [-0.4, -0.2) is 26.4 Å². The summed E-state index contributed by atoms with van der Waals surface area (Å²) in [6.07, 6.45) is 5.94. The predicted octanol–water partition coefficient (Wildman–Crippen LogP) is 4.50. The van der Waals surface area contributed by atoms with Crippen molar-refractivity contribution in [3.63, 3.8) is 0 Å². The summed E-state index contributed by atoms with van der Waals surface area (Å²) in [4.78, 5) is 15.2. The topological polar surface area (TPSA) is 41.9 Å². The first-order chi connectivity index (χ1) is 13.0. The van der Waals surface area contributed by atoms with E-state index in [-0.39, 0.29) is 0 Å². The number of aromatic nitrogens is 3. The van der Waals surface area contributed by atoms with E-state index >= 15 is 0 Å². The molecule has 1 fully saturated rings. The van der Waals surface area contributed by atoms with Crippen molar-refractivity contribution in [2.45, 2.75) is 63.7 Å². The van der Waals surface area contributed by atoms with Crippen molar-refractivity contribution in [2.24, 2.45) is 0 Å². The maximum atomic E-state index is 12.6. The van der Waals surface area contributed by atoms with Gasteiger partial charge in [-0.25, -0.2) is 9.97 Å². The van der Waals surface area contributed by atoms with Gasteiger partial charge in [0.15, 0.2) is 0 Å². The molecule has 0 spiro atoms. The van der Waals surface area contributed by atoms with Crippen LogP contribution in [0, 0.1) is 0 Å². The molecule has 0 bridgehead atoms. The molecule has 0 N–H and O–H groups in total. The molecule has 0 amide bonds. The van der Waals surface area contributed by atoms with E-state index in [2.05, 4.69) is 14.9 Å². The molecule has 27 heavy (non-hydrogen) atoms. The van der Waals surface area contributed by atoms with Crippen molar-refractivity contribution < 1.29 is 13.2 Å². The smallest absolute Gasteiger partial charge is 0.294 e. The van der Waals surface area contributed by atoms with E-state index in [4.69, 9.17) is 4.98 Å². The summed E-state index contributed by atoms with van der Waals surface area (Å²) in [6, 6.07) is 2.56. The van der Waals surface area contributed by atoms with Gasteiger partial charge in [0, 0.05) is 55.6 Å². The van der Waals surface area contributed by atoms with E-state index in [1.54, 1.807) is 0 Å². The van der Waals surface area contributed by atoms with Gasteiger partial charge in [-0.1, -0.05) is 25.3 Å². The lowest BCUT2D eigenvalue weighted by Crippen LogP contribution is -2.31. The Labute approximate surface area is 156 Å². The Morgan fingerprint density at radius 1 is 1.04 bits per heavy atom. The highest BCUT2D eigenvalue weighted by Gasteiger charge is 2.32. The Bertz CT molecular complexity index is 783. The van der Waals surface area contributed by atoms with Gasteiger partial charge in [0.25, 0.3) is 0 Å². The number of hydrogen-bond acceptors (Lipinski definition) is 4. The first-order valence-corrected chi connectivity index (χ1v) is 9.58. The van der Waals surface area contributed by atoms with E-state index in [1.165, 1.54) is 44.4 Å². The molecule has 2 aromatic heterocycles. The zero-order valence-electron chi connectivity index (χ0n) is 15.2. The van der Waals surface area contributed by atoms with Gasteiger partial charge in [-0.05, 0) is 24.5 Å². The third-order valence-electron chi connectivity index (χ3n) is 5.52. The lowest BCUT2D eigenvalue weighted by Gasteiger charge is -2.29. The Balaban J connectivity index is 1.41. The van der Waals surface area contributed by atoms with E-state index in [0.717, 1.165) is 48.2 Å². The first kappa shape index (κ1) is 18.3. The van der Waals surface area contributed by atoms with Crippen LogP contribution < -0.4 is 0 Å². The molecule has 1 aliphatic heterocycles. The molecule has 3 heterocycles. The van der Waals surface area contributed by atoms with E-state index in [9.17, 15) is 13.2 Å². The summed E-state index contributed by atoms with van der Waals surface area (Å²) >= 11 is 0. The lowest BCUT2D eigenvalue weighted by molar-refractivity contribution is -0.141. The normalized spacial score (nSPS) is 19.1. The van der Waals surface area contributed by atoms with Crippen LogP contribution >= 0.6 is 0 Å². The average molecular weight is 376 g/mol. The molecule has 4 rings (SSSR count). The minimum atomic E-state index is -4.39. The van der Waals surface area contributed by atoms with E-state index in [0.29, 0.717) is 12.5 Å². The molecular formula is C20H23F3N4. The van der Waals surface area contributed by atoms with Crippen LogP contribution in [0.2, 0.25) is 0 Å². The van der Waals surface area contributed by atoms with Crippen molar-refractivity contribution in [1.82, 2.24) is 19.9 Å². The molecule has 1 aliphatic carbocycles. The molecule has 7 heteroatoms. The second kappa shape index (κ2) is 7.54. The highest BCUT2D eigenvalue weighted by atomic mass is 19.4. The molecule has 4 nitrogen and oxygen atoms in total. The molecular weight excluding hydrogens is 353 g/mol. The number of halogens is 3. The Hall–Kier alpha value is -2.02. The molecule has 0 atom stereocenters. The van der Waals surface area contributed by atoms with Gasteiger partial charge < -0.3 is 0 Å². The zero-order chi connectivity index (χ0) is 18.9. The summed E-state index contributed by atoms with van der Waals surface area (Å²) < 4.78 is 37.9. The van der Waals surface area contributed by atoms with Gasteiger partial charge in [0.2, 0.25) is 0 Å². The van der Waals surface area contributed by atoms with Gasteiger partial charge >= 0.3 is 6.18 Å².